The lowest BCUT2D eigenvalue weighted by molar-refractivity contribution is 0.397. The van der Waals surface area contributed by atoms with Crippen molar-refractivity contribution in [2.45, 2.75) is 11.8 Å². The summed E-state index contributed by atoms with van der Waals surface area (Å²) in [6.45, 7) is 4.25. The van der Waals surface area contributed by atoms with Gasteiger partial charge in [0.25, 0.3) is 0 Å². The molecule has 0 bridgehead atoms. The Balaban J connectivity index is 2.16. The van der Waals surface area contributed by atoms with Gasteiger partial charge in [-0.05, 0) is 5.92 Å². The number of rotatable bonds is 2. The van der Waals surface area contributed by atoms with Gasteiger partial charge in [-0.1, -0.05) is 22.9 Å². The van der Waals surface area contributed by atoms with Crippen LogP contribution in [0.3, 0.4) is 0 Å². The molecule has 0 aliphatic carbocycles. The summed E-state index contributed by atoms with van der Waals surface area (Å²) >= 11 is 3.66. The first-order chi connectivity index (χ1) is 7.20. The first-order valence-electron chi connectivity index (χ1n) is 4.95. The molecule has 1 saturated heterocycles. The van der Waals surface area contributed by atoms with Crippen LogP contribution in [-0.2, 0) is 0 Å². The summed E-state index contributed by atoms with van der Waals surface area (Å²) < 4.78 is 5.08. The van der Waals surface area contributed by atoms with E-state index in [1.54, 1.807) is 13.4 Å². The second kappa shape index (κ2) is 4.35. The molecule has 4 nitrogen and oxygen atoms in total. The zero-order valence-corrected chi connectivity index (χ0v) is 10.4. The van der Waals surface area contributed by atoms with Crippen LogP contribution in [0.25, 0.3) is 0 Å². The second-order valence-corrected chi connectivity index (χ2v) is 4.99. The van der Waals surface area contributed by atoms with E-state index in [1.165, 1.54) is 0 Å². The van der Waals surface area contributed by atoms with E-state index in [0.717, 1.165) is 18.9 Å². The third-order valence-corrected chi connectivity index (χ3v) is 3.87. The summed E-state index contributed by atoms with van der Waals surface area (Å²) in [6, 6.07) is 1.87. The Morgan fingerprint density at radius 3 is 2.87 bits per heavy atom. The summed E-state index contributed by atoms with van der Waals surface area (Å²) in [5, 5.41) is 0. The molecule has 1 aliphatic rings. The Hall–Kier alpha value is -0.840. The summed E-state index contributed by atoms with van der Waals surface area (Å²) in [5.41, 5.74) is 0. The molecule has 82 valence electrons. The number of halogens is 1. The molecule has 0 spiro atoms. The fourth-order valence-electron chi connectivity index (χ4n) is 1.73. The van der Waals surface area contributed by atoms with Crippen LogP contribution >= 0.6 is 15.9 Å². The van der Waals surface area contributed by atoms with Gasteiger partial charge in [0, 0.05) is 24.0 Å². The minimum Gasteiger partial charge on any atom is -0.481 e. The Labute approximate surface area is 97.8 Å². The molecule has 15 heavy (non-hydrogen) atoms. The smallest absolute Gasteiger partial charge is 0.218 e. The Morgan fingerprint density at radius 1 is 1.47 bits per heavy atom. The quantitative estimate of drug-likeness (QED) is 0.768. The summed E-state index contributed by atoms with van der Waals surface area (Å²) in [4.78, 5) is 11.0. The lowest BCUT2D eigenvalue weighted by Gasteiger charge is -2.16. The molecule has 2 heterocycles. The molecule has 1 aromatic heterocycles. The fourth-order valence-corrected chi connectivity index (χ4v) is 2.25. The first kappa shape index (κ1) is 10.7. The molecule has 2 atom stereocenters. The van der Waals surface area contributed by atoms with Gasteiger partial charge in [0.1, 0.15) is 12.1 Å². The van der Waals surface area contributed by atoms with Gasteiger partial charge in [0.2, 0.25) is 5.88 Å². The summed E-state index contributed by atoms with van der Waals surface area (Å²) in [7, 11) is 1.62. The highest BCUT2D eigenvalue weighted by molar-refractivity contribution is 9.09. The molecule has 2 rings (SSSR count). The molecule has 0 N–H and O–H groups in total. The molecular weight excluding hydrogens is 258 g/mol. The topological polar surface area (TPSA) is 38.2 Å². The number of hydrogen-bond acceptors (Lipinski definition) is 4. The van der Waals surface area contributed by atoms with E-state index in [-0.39, 0.29) is 0 Å². The van der Waals surface area contributed by atoms with Gasteiger partial charge >= 0.3 is 0 Å². The molecule has 1 aromatic rings. The number of hydrogen-bond donors (Lipinski definition) is 0. The van der Waals surface area contributed by atoms with Crippen LogP contribution in [0.5, 0.6) is 5.88 Å². The monoisotopic (exact) mass is 271 g/mol. The Bertz CT molecular complexity index is 337. The van der Waals surface area contributed by atoms with Crippen LogP contribution in [0, 0.1) is 5.92 Å². The highest BCUT2D eigenvalue weighted by atomic mass is 79.9. The Kier molecular flexibility index (Phi) is 3.09. The normalized spacial score (nSPS) is 25.7. The predicted octanol–water partition coefficient (Wildman–Crippen LogP) is 1.70. The van der Waals surface area contributed by atoms with Crippen LogP contribution in [0.4, 0.5) is 5.82 Å². The molecular formula is C10H14BrN3O. The molecule has 0 radical (unpaired) electrons. The average molecular weight is 272 g/mol. The number of ether oxygens (including phenoxy) is 1. The second-order valence-electron chi connectivity index (χ2n) is 3.82. The van der Waals surface area contributed by atoms with Crippen molar-refractivity contribution < 1.29 is 4.74 Å². The van der Waals surface area contributed by atoms with Gasteiger partial charge in [-0.3, -0.25) is 0 Å². The number of aromatic nitrogens is 2. The van der Waals surface area contributed by atoms with Crippen molar-refractivity contribution in [3.05, 3.63) is 12.4 Å². The Morgan fingerprint density at radius 2 is 2.27 bits per heavy atom. The van der Waals surface area contributed by atoms with E-state index in [1.807, 2.05) is 6.07 Å². The zero-order chi connectivity index (χ0) is 10.8. The molecule has 5 heteroatoms. The lowest BCUT2D eigenvalue weighted by Crippen LogP contribution is -2.21. The molecule has 1 fully saturated rings. The number of anilines is 1. The SMILES string of the molecule is COc1cc(N2CC(C)C(Br)C2)ncn1. The van der Waals surface area contributed by atoms with Crippen LogP contribution < -0.4 is 9.64 Å². The largest absolute Gasteiger partial charge is 0.481 e. The lowest BCUT2D eigenvalue weighted by atomic mass is 10.2. The van der Waals surface area contributed by atoms with Gasteiger partial charge in [-0.2, -0.15) is 0 Å². The molecule has 0 aromatic carbocycles. The third kappa shape index (κ3) is 2.22. The third-order valence-electron chi connectivity index (χ3n) is 2.68. The van der Waals surface area contributed by atoms with Crippen molar-refractivity contribution in [3.8, 4) is 5.88 Å². The van der Waals surface area contributed by atoms with Gasteiger partial charge in [0.15, 0.2) is 0 Å². The van der Waals surface area contributed by atoms with E-state index in [2.05, 4.69) is 37.7 Å². The standard InChI is InChI=1S/C10H14BrN3O/c1-7-4-14(5-8(7)11)9-3-10(15-2)13-6-12-9/h3,6-8H,4-5H2,1-2H3. The maximum absolute atomic E-state index is 5.08. The van der Waals surface area contributed by atoms with E-state index in [4.69, 9.17) is 4.74 Å². The maximum atomic E-state index is 5.08. The molecule has 0 saturated carbocycles. The number of methoxy groups -OCH3 is 1. The van der Waals surface area contributed by atoms with Gasteiger partial charge in [-0.15, -0.1) is 0 Å². The highest BCUT2D eigenvalue weighted by Gasteiger charge is 2.28. The summed E-state index contributed by atoms with van der Waals surface area (Å²) in [6.07, 6.45) is 1.54. The summed E-state index contributed by atoms with van der Waals surface area (Å²) in [5.74, 6) is 2.20. The highest BCUT2D eigenvalue weighted by Crippen LogP contribution is 2.27. The van der Waals surface area contributed by atoms with Gasteiger partial charge in [0.05, 0.1) is 7.11 Å². The van der Waals surface area contributed by atoms with Gasteiger partial charge in [-0.25, -0.2) is 9.97 Å². The van der Waals surface area contributed by atoms with Crippen molar-refractivity contribution in [2.75, 3.05) is 25.1 Å². The minimum absolute atomic E-state index is 0.540. The van der Waals surface area contributed by atoms with Gasteiger partial charge < -0.3 is 9.64 Å². The maximum Gasteiger partial charge on any atom is 0.218 e. The first-order valence-corrected chi connectivity index (χ1v) is 5.87. The van der Waals surface area contributed by atoms with Crippen molar-refractivity contribution in [1.82, 2.24) is 9.97 Å². The zero-order valence-electron chi connectivity index (χ0n) is 8.85. The average Bonchev–Trinajstić information content (AvgIpc) is 2.59. The number of alkyl halides is 1. The molecule has 0 amide bonds. The molecule has 1 aliphatic heterocycles. The number of nitrogens with zero attached hydrogens (tertiary/aromatic N) is 3. The minimum atomic E-state index is 0.540. The van der Waals surface area contributed by atoms with Crippen molar-refractivity contribution in [3.63, 3.8) is 0 Å². The molecule has 2 unspecified atom stereocenters. The van der Waals surface area contributed by atoms with Crippen LogP contribution in [0.15, 0.2) is 12.4 Å². The van der Waals surface area contributed by atoms with E-state index >= 15 is 0 Å². The fraction of sp³-hybridized carbons (Fsp3) is 0.600. The predicted molar refractivity (Wildman–Crippen MR) is 62.7 cm³/mol. The van der Waals surface area contributed by atoms with Crippen molar-refractivity contribution >= 4 is 21.7 Å². The van der Waals surface area contributed by atoms with Crippen LogP contribution in [-0.4, -0.2) is 35.0 Å². The van der Waals surface area contributed by atoms with E-state index < -0.39 is 0 Å². The van der Waals surface area contributed by atoms with E-state index in [9.17, 15) is 0 Å². The van der Waals surface area contributed by atoms with E-state index in [0.29, 0.717) is 16.6 Å². The van der Waals surface area contributed by atoms with Crippen molar-refractivity contribution in [2.24, 2.45) is 5.92 Å². The van der Waals surface area contributed by atoms with Crippen LogP contribution in [0.2, 0.25) is 0 Å². The van der Waals surface area contributed by atoms with Crippen LogP contribution in [0.1, 0.15) is 6.92 Å². The van der Waals surface area contributed by atoms with Crippen molar-refractivity contribution in [1.29, 1.82) is 0 Å².